The van der Waals surface area contributed by atoms with E-state index < -0.39 is 10.2 Å². The SMILES string of the molecule is CCc1ccc(NC(C)=O)cc1NS(=O)(=O)NCCN. The van der Waals surface area contributed by atoms with Gasteiger partial charge in [-0.2, -0.15) is 13.1 Å². The summed E-state index contributed by atoms with van der Waals surface area (Å²) in [6, 6.07) is 5.08. The lowest BCUT2D eigenvalue weighted by molar-refractivity contribution is -0.114. The molecule has 0 atom stereocenters. The Kier molecular flexibility index (Phi) is 5.93. The zero-order chi connectivity index (χ0) is 15.2. The summed E-state index contributed by atoms with van der Waals surface area (Å²) in [7, 11) is -3.67. The molecule has 0 aromatic heterocycles. The molecule has 0 fully saturated rings. The van der Waals surface area contributed by atoms with E-state index in [0.717, 1.165) is 5.56 Å². The molecule has 0 saturated heterocycles. The zero-order valence-corrected chi connectivity index (χ0v) is 12.4. The third-order valence-electron chi connectivity index (χ3n) is 2.49. The molecule has 0 aliphatic rings. The smallest absolute Gasteiger partial charge is 0.299 e. The van der Waals surface area contributed by atoms with Gasteiger partial charge in [-0.05, 0) is 24.1 Å². The third-order valence-corrected chi connectivity index (χ3v) is 3.56. The van der Waals surface area contributed by atoms with Crippen molar-refractivity contribution in [1.29, 1.82) is 0 Å². The first-order valence-corrected chi connectivity index (χ1v) is 7.74. The lowest BCUT2D eigenvalue weighted by Crippen LogP contribution is -2.34. The maximum Gasteiger partial charge on any atom is 0.299 e. The standard InChI is InChI=1S/C12H20N4O3S/c1-3-10-4-5-11(15-9(2)17)8-12(10)16-20(18,19)14-7-6-13/h4-5,8,14,16H,3,6-7,13H2,1-2H3,(H,15,17). The van der Waals surface area contributed by atoms with Crippen LogP contribution in [0.25, 0.3) is 0 Å². The highest BCUT2D eigenvalue weighted by Gasteiger charge is 2.12. The predicted molar refractivity (Wildman–Crippen MR) is 79.7 cm³/mol. The minimum absolute atomic E-state index is 0.155. The van der Waals surface area contributed by atoms with E-state index in [1.165, 1.54) is 6.92 Å². The molecule has 0 unspecified atom stereocenters. The van der Waals surface area contributed by atoms with Gasteiger partial charge in [0.05, 0.1) is 5.69 Å². The number of aryl methyl sites for hydroxylation is 1. The van der Waals surface area contributed by atoms with E-state index in [2.05, 4.69) is 14.8 Å². The molecule has 0 bridgehead atoms. The summed E-state index contributed by atoms with van der Waals surface area (Å²) in [6.07, 6.45) is 0.662. The monoisotopic (exact) mass is 300 g/mol. The van der Waals surface area contributed by atoms with Gasteiger partial charge in [-0.15, -0.1) is 0 Å². The largest absolute Gasteiger partial charge is 0.329 e. The summed E-state index contributed by atoms with van der Waals surface area (Å²) >= 11 is 0. The van der Waals surface area contributed by atoms with E-state index in [9.17, 15) is 13.2 Å². The van der Waals surface area contributed by atoms with E-state index in [1.807, 2.05) is 6.92 Å². The predicted octanol–water partition coefficient (Wildman–Crippen LogP) is 0.412. The van der Waals surface area contributed by atoms with Gasteiger partial charge in [0.1, 0.15) is 0 Å². The minimum Gasteiger partial charge on any atom is -0.329 e. The van der Waals surface area contributed by atoms with E-state index in [0.29, 0.717) is 17.8 Å². The molecule has 1 aromatic carbocycles. The van der Waals surface area contributed by atoms with Crippen molar-refractivity contribution < 1.29 is 13.2 Å². The highest BCUT2D eigenvalue weighted by Crippen LogP contribution is 2.22. The molecule has 0 aliphatic heterocycles. The van der Waals surface area contributed by atoms with Crippen LogP contribution < -0.4 is 20.5 Å². The molecule has 1 amide bonds. The molecule has 0 spiro atoms. The van der Waals surface area contributed by atoms with Crippen molar-refractivity contribution >= 4 is 27.5 Å². The van der Waals surface area contributed by atoms with Crippen LogP contribution in [0.5, 0.6) is 0 Å². The lowest BCUT2D eigenvalue weighted by Gasteiger charge is -2.14. The summed E-state index contributed by atoms with van der Waals surface area (Å²) in [5, 5.41) is 2.61. The highest BCUT2D eigenvalue weighted by molar-refractivity contribution is 7.90. The van der Waals surface area contributed by atoms with Crippen molar-refractivity contribution in [2.24, 2.45) is 5.73 Å². The van der Waals surface area contributed by atoms with Crippen molar-refractivity contribution in [3.05, 3.63) is 23.8 Å². The Morgan fingerprint density at radius 1 is 1.35 bits per heavy atom. The second kappa shape index (κ2) is 7.22. The third kappa shape index (κ3) is 5.16. The number of nitrogens with two attached hydrogens (primary N) is 1. The summed E-state index contributed by atoms with van der Waals surface area (Å²) in [5.74, 6) is -0.218. The number of carbonyl (C=O) groups is 1. The van der Waals surface area contributed by atoms with Gasteiger partial charge in [-0.25, -0.2) is 0 Å². The number of benzene rings is 1. The molecule has 7 nitrogen and oxygen atoms in total. The van der Waals surface area contributed by atoms with Crippen LogP contribution in [0.3, 0.4) is 0 Å². The Morgan fingerprint density at radius 2 is 2.05 bits per heavy atom. The van der Waals surface area contributed by atoms with Gasteiger partial charge in [0, 0.05) is 25.7 Å². The molecule has 112 valence electrons. The second-order valence-electron chi connectivity index (χ2n) is 4.20. The zero-order valence-electron chi connectivity index (χ0n) is 11.6. The summed E-state index contributed by atoms with van der Waals surface area (Å²) in [5.41, 5.74) is 7.06. The van der Waals surface area contributed by atoms with Gasteiger partial charge in [-0.3, -0.25) is 9.52 Å². The number of rotatable bonds is 7. The van der Waals surface area contributed by atoms with E-state index in [-0.39, 0.29) is 19.0 Å². The Balaban J connectivity index is 2.99. The first-order chi connectivity index (χ1) is 9.38. The summed E-state index contributed by atoms with van der Waals surface area (Å²) in [6.45, 7) is 3.68. The van der Waals surface area contributed by atoms with Crippen molar-refractivity contribution in [2.75, 3.05) is 23.1 Å². The van der Waals surface area contributed by atoms with E-state index in [4.69, 9.17) is 5.73 Å². The lowest BCUT2D eigenvalue weighted by atomic mass is 10.1. The molecule has 20 heavy (non-hydrogen) atoms. The van der Waals surface area contributed by atoms with Crippen LogP contribution in [0.4, 0.5) is 11.4 Å². The molecule has 1 aromatic rings. The molecule has 0 radical (unpaired) electrons. The number of anilines is 2. The minimum atomic E-state index is -3.67. The summed E-state index contributed by atoms with van der Waals surface area (Å²) in [4.78, 5) is 11.0. The van der Waals surface area contributed by atoms with Crippen LogP contribution in [0.15, 0.2) is 18.2 Å². The van der Waals surface area contributed by atoms with Gasteiger partial charge < -0.3 is 11.1 Å². The number of carbonyl (C=O) groups excluding carboxylic acids is 1. The topological polar surface area (TPSA) is 113 Å². The highest BCUT2D eigenvalue weighted by atomic mass is 32.2. The van der Waals surface area contributed by atoms with Gasteiger partial charge in [0.25, 0.3) is 10.2 Å². The van der Waals surface area contributed by atoms with Crippen LogP contribution in [-0.4, -0.2) is 27.4 Å². The van der Waals surface area contributed by atoms with E-state index >= 15 is 0 Å². The van der Waals surface area contributed by atoms with Gasteiger partial charge in [0.15, 0.2) is 0 Å². The molecule has 8 heteroatoms. The van der Waals surface area contributed by atoms with Crippen LogP contribution in [0, 0.1) is 0 Å². The fourth-order valence-electron chi connectivity index (χ4n) is 1.63. The number of hydrogen-bond donors (Lipinski definition) is 4. The fraction of sp³-hybridized carbons (Fsp3) is 0.417. The maximum absolute atomic E-state index is 11.8. The summed E-state index contributed by atoms with van der Waals surface area (Å²) < 4.78 is 28.3. The molecule has 1 rings (SSSR count). The van der Waals surface area contributed by atoms with Gasteiger partial charge in [0.2, 0.25) is 5.91 Å². The number of nitrogens with one attached hydrogen (secondary N) is 3. The molecule has 0 saturated carbocycles. The van der Waals surface area contributed by atoms with Crippen LogP contribution in [0.2, 0.25) is 0 Å². The van der Waals surface area contributed by atoms with Gasteiger partial charge >= 0.3 is 0 Å². The van der Waals surface area contributed by atoms with Crippen molar-refractivity contribution in [2.45, 2.75) is 20.3 Å². The van der Waals surface area contributed by atoms with Crippen molar-refractivity contribution in [1.82, 2.24) is 4.72 Å². The average Bonchev–Trinajstić information content (AvgIpc) is 2.35. The Hall–Kier alpha value is -1.64. The quantitative estimate of drug-likeness (QED) is 0.584. The molecule has 0 heterocycles. The van der Waals surface area contributed by atoms with E-state index in [1.54, 1.807) is 18.2 Å². The fourth-order valence-corrected chi connectivity index (χ4v) is 2.57. The first kappa shape index (κ1) is 16.4. The molecular weight excluding hydrogens is 280 g/mol. The maximum atomic E-state index is 11.8. The Labute approximate surface area is 119 Å². The molecular formula is C12H20N4O3S. The normalized spacial score (nSPS) is 11.2. The van der Waals surface area contributed by atoms with Crippen LogP contribution in [0.1, 0.15) is 19.4 Å². The number of amides is 1. The number of hydrogen-bond acceptors (Lipinski definition) is 4. The molecule has 5 N–H and O–H groups in total. The van der Waals surface area contributed by atoms with Gasteiger partial charge in [-0.1, -0.05) is 13.0 Å². The van der Waals surface area contributed by atoms with Crippen LogP contribution >= 0.6 is 0 Å². The Morgan fingerprint density at radius 3 is 2.60 bits per heavy atom. The average molecular weight is 300 g/mol. The van der Waals surface area contributed by atoms with Crippen molar-refractivity contribution in [3.8, 4) is 0 Å². The Bertz CT molecular complexity index is 572. The second-order valence-corrected chi connectivity index (χ2v) is 5.69. The first-order valence-electron chi connectivity index (χ1n) is 6.26. The molecule has 0 aliphatic carbocycles. The van der Waals surface area contributed by atoms with Crippen LogP contribution in [-0.2, 0) is 21.4 Å². The van der Waals surface area contributed by atoms with Crippen molar-refractivity contribution in [3.63, 3.8) is 0 Å².